The Morgan fingerprint density at radius 3 is 2.14 bits per heavy atom. The first kappa shape index (κ1) is 38.0. The van der Waals surface area contributed by atoms with Crippen LogP contribution in [0.1, 0.15) is 131 Å². The number of likely N-dealkylation sites (tertiary alicyclic amines) is 1. The van der Waals surface area contributed by atoms with Crippen molar-refractivity contribution in [3.63, 3.8) is 0 Å². The van der Waals surface area contributed by atoms with E-state index in [2.05, 4.69) is 40.2 Å². The number of aromatic amines is 1. The standard InChI is InChI=1S/C42H60N4O3S/c1-5-6-7-8-9-10-11-12-13-14-15-16-17-18-26-50(48,49)35-21-19-20-33(28-35)37-29-36(42(47)44-34-22-24-46(4)25-23-34)32(3)40-39(37)38-27-31(2)30-43-41(38)45-40/h19-21,27-30,34H,5-18,22-26H2,1-4H3,(H,43,45)(H,44,47). The van der Waals surface area contributed by atoms with Crippen LogP contribution in [0, 0.1) is 13.8 Å². The molecule has 8 heteroatoms. The molecule has 1 amide bonds. The first-order chi connectivity index (χ1) is 24.2. The molecular formula is C42H60N4O3S. The molecule has 2 N–H and O–H groups in total. The fourth-order valence-corrected chi connectivity index (χ4v) is 8.95. The van der Waals surface area contributed by atoms with E-state index in [4.69, 9.17) is 0 Å². The number of carbonyl (C=O) groups excluding carboxylic acids is 1. The number of nitrogens with zero attached hydrogens (tertiary/aromatic N) is 2. The minimum absolute atomic E-state index is 0.0930. The van der Waals surface area contributed by atoms with Crippen LogP contribution in [-0.2, 0) is 9.84 Å². The van der Waals surface area contributed by atoms with Crippen molar-refractivity contribution in [1.82, 2.24) is 20.2 Å². The number of pyridine rings is 1. The molecule has 0 radical (unpaired) electrons. The Bertz CT molecular complexity index is 1820. The summed E-state index contributed by atoms with van der Waals surface area (Å²) in [4.78, 5) is 24.6. The summed E-state index contributed by atoms with van der Waals surface area (Å²) in [5.74, 6) is 0.0580. The smallest absolute Gasteiger partial charge is 0.251 e. The molecule has 5 rings (SSSR count). The van der Waals surface area contributed by atoms with E-state index in [1.807, 2.05) is 38.2 Å². The molecule has 1 aliphatic rings. The molecule has 1 saturated heterocycles. The summed E-state index contributed by atoms with van der Waals surface area (Å²) in [7, 11) is -1.34. The number of H-pyrrole nitrogens is 1. The van der Waals surface area contributed by atoms with Crippen LogP contribution in [0.3, 0.4) is 0 Å². The van der Waals surface area contributed by atoms with Crippen molar-refractivity contribution >= 4 is 37.7 Å². The Morgan fingerprint density at radius 1 is 0.880 bits per heavy atom. The van der Waals surface area contributed by atoms with E-state index in [9.17, 15) is 13.2 Å². The third kappa shape index (κ3) is 9.97. The highest BCUT2D eigenvalue weighted by Crippen LogP contribution is 2.38. The number of aryl methyl sites for hydroxylation is 2. The van der Waals surface area contributed by atoms with Gasteiger partial charge in [-0.25, -0.2) is 13.4 Å². The summed E-state index contributed by atoms with van der Waals surface area (Å²) in [5.41, 5.74) is 5.75. The van der Waals surface area contributed by atoms with Gasteiger partial charge in [-0.3, -0.25) is 4.79 Å². The van der Waals surface area contributed by atoms with E-state index in [1.54, 1.807) is 12.1 Å². The van der Waals surface area contributed by atoms with E-state index in [-0.39, 0.29) is 17.7 Å². The van der Waals surface area contributed by atoms with E-state index in [0.717, 1.165) is 83.0 Å². The van der Waals surface area contributed by atoms with Crippen LogP contribution in [0.15, 0.2) is 47.5 Å². The Morgan fingerprint density at radius 2 is 1.50 bits per heavy atom. The quantitative estimate of drug-likeness (QED) is 0.0950. The highest BCUT2D eigenvalue weighted by molar-refractivity contribution is 7.91. The zero-order chi connectivity index (χ0) is 35.5. The first-order valence-electron chi connectivity index (χ1n) is 19.4. The second-order valence-corrected chi connectivity index (χ2v) is 17.0. The van der Waals surface area contributed by atoms with Crippen LogP contribution in [0.2, 0.25) is 0 Å². The number of hydrogen-bond acceptors (Lipinski definition) is 5. The lowest BCUT2D eigenvalue weighted by molar-refractivity contribution is 0.0916. The Kier molecular flexibility index (Phi) is 13.9. The van der Waals surface area contributed by atoms with Gasteiger partial charge in [0.15, 0.2) is 9.84 Å². The molecule has 2 aromatic heterocycles. The van der Waals surface area contributed by atoms with Crippen LogP contribution >= 0.6 is 0 Å². The van der Waals surface area contributed by atoms with Gasteiger partial charge in [0.1, 0.15) is 5.65 Å². The number of nitrogens with one attached hydrogen (secondary N) is 2. The molecule has 0 spiro atoms. The summed E-state index contributed by atoms with van der Waals surface area (Å²) < 4.78 is 27.2. The Hall–Kier alpha value is -3.23. The highest BCUT2D eigenvalue weighted by Gasteiger charge is 2.24. The van der Waals surface area contributed by atoms with Gasteiger partial charge in [-0.05, 0) is 99.8 Å². The molecule has 7 nitrogen and oxygen atoms in total. The molecule has 4 aromatic rings. The second-order valence-electron chi connectivity index (χ2n) is 14.9. The van der Waals surface area contributed by atoms with Crippen molar-refractivity contribution in [2.45, 2.75) is 134 Å². The maximum atomic E-state index is 13.8. The van der Waals surface area contributed by atoms with Crippen molar-refractivity contribution in [1.29, 1.82) is 0 Å². The average molecular weight is 701 g/mol. The number of fused-ring (bicyclic) bond motifs is 3. The van der Waals surface area contributed by atoms with E-state index in [1.165, 1.54) is 70.6 Å². The predicted octanol–water partition coefficient (Wildman–Crippen LogP) is 10.1. The van der Waals surface area contributed by atoms with Crippen molar-refractivity contribution < 1.29 is 13.2 Å². The summed E-state index contributed by atoms with van der Waals surface area (Å²) >= 11 is 0. The number of piperidine rings is 1. The van der Waals surface area contributed by atoms with Gasteiger partial charge in [0, 0.05) is 28.6 Å². The molecule has 3 heterocycles. The minimum Gasteiger partial charge on any atom is -0.349 e. The molecule has 0 atom stereocenters. The molecule has 1 aliphatic heterocycles. The Balaban J connectivity index is 1.26. The zero-order valence-electron chi connectivity index (χ0n) is 31.1. The summed E-state index contributed by atoms with van der Waals surface area (Å²) in [6.45, 7) is 8.19. The summed E-state index contributed by atoms with van der Waals surface area (Å²) in [6, 6.07) is 11.5. The molecule has 0 unspecified atom stereocenters. The molecule has 272 valence electrons. The van der Waals surface area contributed by atoms with Crippen LogP contribution in [0.25, 0.3) is 33.1 Å². The molecule has 2 aromatic carbocycles. The minimum atomic E-state index is -3.46. The monoisotopic (exact) mass is 700 g/mol. The number of unbranched alkanes of at least 4 members (excludes halogenated alkanes) is 13. The van der Waals surface area contributed by atoms with E-state index in [0.29, 0.717) is 16.9 Å². The van der Waals surface area contributed by atoms with Crippen molar-refractivity contribution in [2.24, 2.45) is 0 Å². The predicted molar refractivity (Wildman–Crippen MR) is 209 cm³/mol. The third-order valence-corrected chi connectivity index (χ3v) is 12.5. The summed E-state index contributed by atoms with van der Waals surface area (Å²) in [6.07, 6.45) is 21.0. The molecule has 0 saturated carbocycles. The van der Waals surface area contributed by atoms with Gasteiger partial charge in [0.25, 0.3) is 5.91 Å². The van der Waals surface area contributed by atoms with Gasteiger partial charge >= 0.3 is 0 Å². The SMILES string of the molecule is CCCCCCCCCCCCCCCCS(=O)(=O)c1cccc(-c2cc(C(=O)NC3CCN(C)CC3)c(C)c3[nH]c4ncc(C)cc4c23)c1. The van der Waals surface area contributed by atoms with Gasteiger partial charge in [-0.15, -0.1) is 0 Å². The fraction of sp³-hybridized carbons (Fsp3) is 0.571. The number of hydrogen-bond donors (Lipinski definition) is 2. The molecular weight excluding hydrogens is 641 g/mol. The molecule has 1 fully saturated rings. The highest BCUT2D eigenvalue weighted by atomic mass is 32.2. The van der Waals surface area contributed by atoms with Gasteiger partial charge in [-0.2, -0.15) is 0 Å². The van der Waals surface area contributed by atoms with Crippen molar-refractivity contribution in [3.8, 4) is 11.1 Å². The number of rotatable bonds is 19. The van der Waals surface area contributed by atoms with Gasteiger partial charge in [0.2, 0.25) is 0 Å². The van der Waals surface area contributed by atoms with Gasteiger partial charge < -0.3 is 15.2 Å². The lowest BCUT2D eigenvalue weighted by Crippen LogP contribution is -2.43. The number of carbonyl (C=O) groups is 1. The summed E-state index contributed by atoms with van der Waals surface area (Å²) in [5, 5.41) is 5.22. The molecule has 0 aliphatic carbocycles. The van der Waals surface area contributed by atoms with E-state index < -0.39 is 9.84 Å². The van der Waals surface area contributed by atoms with E-state index >= 15 is 0 Å². The normalized spacial score (nSPS) is 14.6. The van der Waals surface area contributed by atoms with Crippen molar-refractivity contribution in [2.75, 3.05) is 25.9 Å². The van der Waals surface area contributed by atoms with Crippen LogP contribution in [0.5, 0.6) is 0 Å². The third-order valence-electron chi connectivity index (χ3n) is 10.7. The maximum Gasteiger partial charge on any atom is 0.251 e. The molecule has 0 bridgehead atoms. The number of aromatic nitrogens is 2. The largest absolute Gasteiger partial charge is 0.349 e. The van der Waals surface area contributed by atoms with Crippen molar-refractivity contribution in [3.05, 3.63) is 59.3 Å². The number of amides is 1. The van der Waals surface area contributed by atoms with Gasteiger partial charge in [-0.1, -0.05) is 103 Å². The average Bonchev–Trinajstić information content (AvgIpc) is 3.49. The number of sulfone groups is 1. The lowest BCUT2D eigenvalue weighted by atomic mass is 9.93. The maximum absolute atomic E-state index is 13.8. The zero-order valence-corrected chi connectivity index (χ0v) is 31.9. The first-order valence-corrected chi connectivity index (χ1v) is 21.1. The number of benzene rings is 2. The van der Waals surface area contributed by atoms with Gasteiger partial charge in [0.05, 0.1) is 16.2 Å². The molecule has 50 heavy (non-hydrogen) atoms. The fourth-order valence-electron chi connectivity index (χ4n) is 7.54. The van der Waals surface area contributed by atoms with Crippen LogP contribution < -0.4 is 5.32 Å². The Labute approximate surface area is 300 Å². The van der Waals surface area contributed by atoms with Crippen LogP contribution in [-0.4, -0.2) is 61.1 Å². The van der Waals surface area contributed by atoms with Crippen LogP contribution in [0.4, 0.5) is 0 Å². The topological polar surface area (TPSA) is 95.2 Å². The second kappa shape index (κ2) is 18.3. The lowest BCUT2D eigenvalue weighted by Gasteiger charge is -2.29.